The molecule has 17 heavy (non-hydrogen) atoms. The molecule has 2 aromatic rings. The average Bonchev–Trinajstić information content (AvgIpc) is 2.71. The zero-order valence-electron chi connectivity index (χ0n) is 9.01. The summed E-state index contributed by atoms with van der Waals surface area (Å²) in [5.41, 5.74) is 0.965. The second-order valence-electron chi connectivity index (χ2n) is 3.48. The van der Waals surface area contributed by atoms with E-state index < -0.39 is 0 Å². The summed E-state index contributed by atoms with van der Waals surface area (Å²) >= 11 is 14.6. The molecule has 0 aliphatic rings. The van der Waals surface area contributed by atoms with E-state index in [1.165, 1.54) is 0 Å². The predicted octanol–water partition coefficient (Wildman–Crippen LogP) is 5.34. The molecule has 0 aromatic carbocycles. The van der Waals surface area contributed by atoms with E-state index in [1.807, 2.05) is 11.4 Å². The van der Waals surface area contributed by atoms with Gasteiger partial charge in [0.2, 0.25) is 0 Å². The van der Waals surface area contributed by atoms with Crippen molar-refractivity contribution in [1.29, 1.82) is 0 Å². The fourth-order valence-corrected chi connectivity index (χ4v) is 3.33. The van der Waals surface area contributed by atoms with E-state index in [0.717, 1.165) is 32.4 Å². The molecular weight excluding hydrogens is 387 g/mol. The Bertz CT molecular complexity index is 542. The van der Waals surface area contributed by atoms with Crippen LogP contribution < -0.4 is 0 Å². The smallest absolute Gasteiger partial charge is 0.171 e. The Morgan fingerprint density at radius 1 is 1.35 bits per heavy atom. The SMILES string of the molecule is CCCc1nc(-c2cc(Br)cs2)nc(Cl)c1Br. The normalized spacial score (nSPS) is 10.8. The number of thiophene rings is 1. The highest BCUT2D eigenvalue weighted by Gasteiger charge is 2.12. The van der Waals surface area contributed by atoms with Crippen molar-refractivity contribution in [3.63, 3.8) is 0 Å². The van der Waals surface area contributed by atoms with Crippen molar-refractivity contribution in [3.05, 3.63) is 31.2 Å². The Balaban J connectivity index is 2.48. The molecule has 90 valence electrons. The molecule has 2 rings (SSSR count). The van der Waals surface area contributed by atoms with Crippen LogP contribution in [0, 0.1) is 0 Å². The molecule has 0 unspecified atom stereocenters. The summed E-state index contributed by atoms with van der Waals surface area (Å²) in [7, 11) is 0. The average molecular weight is 397 g/mol. The highest BCUT2D eigenvalue weighted by atomic mass is 79.9. The monoisotopic (exact) mass is 394 g/mol. The van der Waals surface area contributed by atoms with Gasteiger partial charge in [-0.1, -0.05) is 24.9 Å². The first-order valence-electron chi connectivity index (χ1n) is 5.08. The highest BCUT2D eigenvalue weighted by Crippen LogP contribution is 2.31. The number of hydrogen-bond acceptors (Lipinski definition) is 3. The van der Waals surface area contributed by atoms with E-state index in [-0.39, 0.29) is 0 Å². The van der Waals surface area contributed by atoms with E-state index >= 15 is 0 Å². The third-order valence-electron chi connectivity index (χ3n) is 2.15. The number of aryl methyl sites for hydroxylation is 1. The summed E-state index contributed by atoms with van der Waals surface area (Å²) in [5, 5.41) is 2.48. The number of rotatable bonds is 3. The van der Waals surface area contributed by atoms with Crippen LogP contribution in [0.25, 0.3) is 10.7 Å². The maximum absolute atomic E-state index is 6.11. The van der Waals surface area contributed by atoms with Crippen molar-refractivity contribution in [2.24, 2.45) is 0 Å². The number of halogens is 3. The number of nitrogens with zero attached hydrogens (tertiary/aromatic N) is 2. The summed E-state index contributed by atoms with van der Waals surface area (Å²) < 4.78 is 1.84. The van der Waals surface area contributed by atoms with Crippen LogP contribution in [0.1, 0.15) is 19.0 Å². The molecule has 0 atom stereocenters. The van der Waals surface area contributed by atoms with E-state index in [0.29, 0.717) is 11.0 Å². The van der Waals surface area contributed by atoms with Gasteiger partial charge in [0, 0.05) is 9.85 Å². The van der Waals surface area contributed by atoms with Gasteiger partial charge in [-0.2, -0.15) is 0 Å². The van der Waals surface area contributed by atoms with Crippen LogP contribution in [-0.2, 0) is 6.42 Å². The molecule has 0 N–H and O–H groups in total. The van der Waals surface area contributed by atoms with E-state index in [9.17, 15) is 0 Å². The van der Waals surface area contributed by atoms with Crippen LogP contribution in [0.2, 0.25) is 5.15 Å². The zero-order chi connectivity index (χ0) is 12.4. The van der Waals surface area contributed by atoms with Gasteiger partial charge in [-0.3, -0.25) is 0 Å². The van der Waals surface area contributed by atoms with Crippen molar-refractivity contribution in [2.75, 3.05) is 0 Å². The Kier molecular flexibility index (Phi) is 4.58. The molecule has 0 radical (unpaired) electrons. The molecule has 0 fully saturated rings. The van der Waals surface area contributed by atoms with Crippen molar-refractivity contribution < 1.29 is 0 Å². The van der Waals surface area contributed by atoms with Crippen molar-refractivity contribution in [3.8, 4) is 10.7 Å². The molecule has 2 nitrogen and oxygen atoms in total. The molecule has 6 heteroatoms. The van der Waals surface area contributed by atoms with Gasteiger partial charge < -0.3 is 0 Å². The first-order chi connectivity index (χ1) is 8.11. The van der Waals surface area contributed by atoms with Crippen LogP contribution in [0.3, 0.4) is 0 Å². The minimum Gasteiger partial charge on any atom is -0.231 e. The van der Waals surface area contributed by atoms with Gasteiger partial charge in [0.1, 0.15) is 5.15 Å². The van der Waals surface area contributed by atoms with Crippen LogP contribution in [0.5, 0.6) is 0 Å². The molecule has 0 saturated carbocycles. The van der Waals surface area contributed by atoms with E-state index in [4.69, 9.17) is 11.6 Å². The van der Waals surface area contributed by atoms with Gasteiger partial charge >= 0.3 is 0 Å². The van der Waals surface area contributed by atoms with Crippen LogP contribution in [0.15, 0.2) is 20.4 Å². The maximum atomic E-state index is 6.11. The maximum Gasteiger partial charge on any atom is 0.171 e. The molecule has 0 spiro atoms. The van der Waals surface area contributed by atoms with E-state index in [2.05, 4.69) is 48.8 Å². The zero-order valence-corrected chi connectivity index (χ0v) is 13.7. The molecule has 0 amide bonds. The van der Waals surface area contributed by atoms with Gasteiger partial charge in [0.05, 0.1) is 15.0 Å². The molecule has 0 saturated heterocycles. The standard InChI is InChI=1S/C11H9Br2ClN2S/c1-2-3-7-9(13)10(14)16-11(15-7)8-4-6(12)5-17-8/h4-5H,2-3H2,1H3. The molecule has 0 bridgehead atoms. The lowest BCUT2D eigenvalue weighted by atomic mass is 10.2. The molecule has 2 heterocycles. The summed E-state index contributed by atoms with van der Waals surface area (Å²) in [6, 6.07) is 2.00. The molecule has 0 aliphatic carbocycles. The first-order valence-corrected chi connectivity index (χ1v) is 7.92. The Hall–Kier alpha value is 0.0300. The van der Waals surface area contributed by atoms with Gasteiger partial charge in [0.15, 0.2) is 5.82 Å². The van der Waals surface area contributed by atoms with Crippen LogP contribution >= 0.6 is 54.8 Å². The lowest BCUT2D eigenvalue weighted by Crippen LogP contribution is -1.97. The summed E-state index contributed by atoms with van der Waals surface area (Å²) in [6.07, 6.45) is 1.92. The molecule has 2 aromatic heterocycles. The summed E-state index contributed by atoms with van der Waals surface area (Å²) in [4.78, 5) is 9.87. The number of aromatic nitrogens is 2. The quantitative estimate of drug-likeness (QED) is 0.655. The third kappa shape index (κ3) is 3.08. The largest absolute Gasteiger partial charge is 0.231 e. The van der Waals surface area contributed by atoms with Crippen LogP contribution in [-0.4, -0.2) is 9.97 Å². The fraction of sp³-hybridized carbons (Fsp3) is 0.273. The van der Waals surface area contributed by atoms with Gasteiger partial charge in [-0.15, -0.1) is 11.3 Å². The molecular formula is C11H9Br2ClN2S. The van der Waals surface area contributed by atoms with Gasteiger partial charge in [-0.05, 0) is 44.3 Å². The van der Waals surface area contributed by atoms with Crippen molar-refractivity contribution >= 4 is 54.8 Å². The van der Waals surface area contributed by atoms with Crippen molar-refractivity contribution in [1.82, 2.24) is 9.97 Å². The molecule has 0 aliphatic heterocycles. The Morgan fingerprint density at radius 3 is 2.71 bits per heavy atom. The minimum absolute atomic E-state index is 0.475. The fourth-order valence-electron chi connectivity index (χ4n) is 1.41. The second kappa shape index (κ2) is 5.78. The van der Waals surface area contributed by atoms with Gasteiger partial charge in [-0.25, -0.2) is 9.97 Å². The summed E-state index contributed by atoms with van der Waals surface area (Å²) in [5.74, 6) is 0.692. The topological polar surface area (TPSA) is 25.8 Å². The first kappa shape index (κ1) is 13.5. The number of hydrogen-bond donors (Lipinski definition) is 0. The minimum atomic E-state index is 0.475. The van der Waals surface area contributed by atoms with E-state index in [1.54, 1.807) is 11.3 Å². The second-order valence-corrected chi connectivity index (χ2v) is 6.46. The third-order valence-corrected chi connectivity index (χ3v) is 5.18. The summed E-state index contributed by atoms with van der Waals surface area (Å²) in [6.45, 7) is 2.11. The van der Waals surface area contributed by atoms with Gasteiger partial charge in [0.25, 0.3) is 0 Å². The van der Waals surface area contributed by atoms with Crippen LogP contribution in [0.4, 0.5) is 0 Å². The highest BCUT2D eigenvalue weighted by molar-refractivity contribution is 9.10. The Labute approximate surface area is 126 Å². The Morgan fingerprint density at radius 2 is 2.12 bits per heavy atom. The lowest BCUT2D eigenvalue weighted by Gasteiger charge is -2.05. The lowest BCUT2D eigenvalue weighted by molar-refractivity contribution is 0.868. The van der Waals surface area contributed by atoms with Crippen molar-refractivity contribution in [2.45, 2.75) is 19.8 Å². The predicted molar refractivity (Wildman–Crippen MR) is 79.8 cm³/mol.